The number of nitrogens with zero attached hydrogens (tertiary/aromatic N) is 3. The first-order valence-electron chi connectivity index (χ1n) is 8.99. The Hall–Kier alpha value is -2.71. The van der Waals surface area contributed by atoms with E-state index in [9.17, 15) is 0 Å². The van der Waals surface area contributed by atoms with Crippen molar-refractivity contribution < 1.29 is 9.37 Å². The molecule has 1 aliphatic rings. The van der Waals surface area contributed by atoms with Crippen molar-refractivity contribution in [2.75, 3.05) is 41.8 Å². The van der Waals surface area contributed by atoms with Gasteiger partial charge in [-0.15, -0.1) is 0 Å². The summed E-state index contributed by atoms with van der Waals surface area (Å²) < 4.78 is 10.4. The molecule has 0 atom stereocenters. The number of thiocarbonyl (C=S) groups is 1. The zero-order chi connectivity index (χ0) is 18.6. The summed E-state index contributed by atoms with van der Waals surface area (Å²) in [5, 5.41) is 15.0. The number of hydrogen-bond donors (Lipinski definition) is 2. The number of morpholine rings is 1. The summed E-state index contributed by atoms with van der Waals surface area (Å²) in [7, 11) is 0. The molecule has 1 fully saturated rings. The second-order valence-electron chi connectivity index (χ2n) is 6.32. The minimum Gasteiger partial charge on any atom is -0.378 e. The van der Waals surface area contributed by atoms with E-state index in [4.69, 9.17) is 21.6 Å². The van der Waals surface area contributed by atoms with Gasteiger partial charge in [0.2, 0.25) is 0 Å². The molecule has 0 saturated carbocycles. The number of benzene rings is 2. The van der Waals surface area contributed by atoms with Crippen LogP contribution < -0.4 is 15.5 Å². The maximum Gasteiger partial charge on any atom is 0.175 e. The lowest BCUT2D eigenvalue weighted by Crippen LogP contribution is -2.36. The second kappa shape index (κ2) is 7.89. The first kappa shape index (κ1) is 17.7. The lowest BCUT2D eigenvalue weighted by molar-refractivity contribution is 0.123. The Kier molecular flexibility index (Phi) is 5.17. The van der Waals surface area contributed by atoms with Crippen molar-refractivity contribution in [2.24, 2.45) is 0 Å². The van der Waals surface area contributed by atoms with Crippen LogP contribution in [0.15, 0.2) is 41.0 Å². The quantitative estimate of drug-likeness (QED) is 0.664. The van der Waals surface area contributed by atoms with Crippen LogP contribution in [0.25, 0.3) is 11.0 Å². The molecule has 0 aliphatic carbocycles. The van der Waals surface area contributed by atoms with E-state index < -0.39 is 0 Å². The zero-order valence-corrected chi connectivity index (χ0v) is 15.9. The van der Waals surface area contributed by atoms with Gasteiger partial charge in [-0.2, -0.15) is 0 Å². The number of hydrogen-bond acceptors (Lipinski definition) is 6. The van der Waals surface area contributed by atoms with Gasteiger partial charge >= 0.3 is 0 Å². The van der Waals surface area contributed by atoms with Crippen LogP contribution in [0.4, 0.5) is 17.1 Å². The molecule has 2 N–H and O–H groups in total. The fourth-order valence-corrected chi connectivity index (χ4v) is 3.35. The molecule has 2 aromatic carbocycles. The summed E-state index contributed by atoms with van der Waals surface area (Å²) >= 11 is 5.45. The molecule has 0 bridgehead atoms. The van der Waals surface area contributed by atoms with E-state index in [0.717, 1.165) is 42.1 Å². The van der Waals surface area contributed by atoms with Crippen molar-refractivity contribution in [3.63, 3.8) is 0 Å². The van der Waals surface area contributed by atoms with Gasteiger partial charge in [0, 0.05) is 18.8 Å². The molecule has 0 unspecified atom stereocenters. The van der Waals surface area contributed by atoms with Gasteiger partial charge < -0.3 is 20.3 Å². The fraction of sp³-hybridized carbons (Fsp3) is 0.316. The van der Waals surface area contributed by atoms with Crippen molar-refractivity contribution in [1.29, 1.82) is 0 Å². The minimum absolute atomic E-state index is 0.489. The predicted molar refractivity (Wildman–Crippen MR) is 110 cm³/mol. The molecule has 1 aliphatic heterocycles. The van der Waals surface area contributed by atoms with Crippen LogP contribution >= 0.6 is 12.2 Å². The van der Waals surface area contributed by atoms with Gasteiger partial charge in [0.25, 0.3) is 0 Å². The molecule has 0 spiro atoms. The zero-order valence-electron chi connectivity index (χ0n) is 15.1. The van der Waals surface area contributed by atoms with Gasteiger partial charge in [-0.05, 0) is 58.8 Å². The molecular weight excluding hydrogens is 362 g/mol. The molecule has 7 nitrogen and oxygen atoms in total. The molecule has 0 amide bonds. The summed E-state index contributed by atoms with van der Waals surface area (Å²) in [5.74, 6) is 0. The van der Waals surface area contributed by atoms with Crippen molar-refractivity contribution in [1.82, 2.24) is 10.3 Å². The number of nitrogens with one attached hydrogen (secondary N) is 2. The average molecular weight is 383 g/mol. The van der Waals surface area contributed by atoms with E-state index in [2.05, 4.69) is 44.9 Å². The Balaban J connectivity index is 1.51. The summed E-state index contributed by atoms with van der Waals surface area (Å²) in [6.45, 7) is 5.19. The van der Waals surface area contributed by atoms with Crippen LogP contribution in [0.5, 0.6) is 0 Å². The van der Waals surface area contributed by atoms with E-state index in [-0.39, 0.29) is 0 Å². The number of aromatic nitrogens is 2. The summed E-state index contributed by atoms with van der Waals surface area (Å²) in [6, 6.07) is 12.2. The van der Waals surface area contributed by atoms with E-state index in [1.54, 1.807) is 0 Å². The summed E-state index contributed by atoms with van der Waals surface area (Å²) in [5.41, 5.74) is 5.35. The number of ether oxygens (including phenoxy) is 1. The number of rotatable bonds is 4. The van der Waals surface area contributed by atoms with E-state index in [1.165, 1.54) is 5.56 Å². The summed E-state index contributed by atoms with van der Waals surface area (Å²) in [4.78, 5) is 2.23. The SMILES string of the molecule is CCc1ccc(NC(=S)Nc2ccc(N3CCOCC3)c3nonc23)cc1. The van der Waals surface area contributed by atoms with Gasteiger partial charge in [0.05, 0.1) is 24.6 Å². The van der Waals surface area contributed by atoms with E-state index in [0.29, 0.717) is 23.8 Å². The average Bonchev–Trinajstić information content (AvgIpc) is 3.20. The molecule has 1 aromatic heterocycles. The van der Waals surface area contributed by atoms with E-state index >= 15 is 0 Å². The Labute approximate surface area is 162 Å². The predicted octanol–water partition coefficient (Wildman–Crippen LogP) is 3.43. The molecule has 27 heavy (non-hydrogen) atoms. The number of aryl methyl sites for hydroxylation is 1. The lowest BCUT2D eigenvalue weighted by atomic mass is 10.1. The molecule has 140 valence electrons. The molecule has 2 heterocycles. The van der Waals surface area contributed by atoms with Crippen molar-refractivity contribution in [3.8, 4) is 0 Å². The van der Waals surface area contributed by atoms with Gasteiger partial charge in [-0.25, -0.2) is 4.63 Å². The third-order valence-electron chi connectivity index (χ3n) is 4.61. The highest BCUT2D eigenvalue weighted by molar-refractivity contribution is 7.80. The molecule has 0 radical (unpaired) electrons. The monoisotopic (exact) mass is 383 g/mol. The molecular formula is C19H21N5O2S. The smallest absolute Gasteiger partial charge is 0.175 e. The van der Waals surface area contributed by atoms with Crippen LogP contribution in [0.3, 0.4) is 0 Å². The number of anilines is 3. The highest BCUT2D eigenvalue weighted by atomic mass is 32.1. The van der Waals surface area contributed by atoms with Gasteiger partial charge in [-0.3, -0.25) is 0 Å². The molecule has 1 saturated heterocycles. The normalized spacial score (nSPS) is 14.3. The van der Waals surface area contributed by atoms with Gasteiger partial charge in [0.15, 0.2) is 16.1 Å². The fourth-order valence-electron chi connectivity index (χ4n) is 3.12. The minimum atomic E-state index is 0.489. The Morgan fingerprint density at radius 2 is 1.78 bits per heavy atom. The second-order valence-corrected chi connectivity index (χ2v) is 6.73. The molecule has 4 rings (SSSR count). The Morgan fingerprint density at radius 1 is 1.04 bits per heavy atom. The van der Waals surface area contributed by atoms with Gasteiger partial charge in [-0.1, -0.05) is 19.1 Å². The van der Waals surface area contributed by atoms with E-state index in [1.807, 2.05) is 24.3 Å². The van der Waals surface area contributed by atoms with Crippen molar-refractivity contribution in [2.45, 2.75) is 13.3 Å². The summed E-state index contributed by atoms with van der Waals surface area (Å²) in [6.07, 6.45) is 1.01. The first-order chi connectivity index (χ1) is 13.2. The maximum atomic E-state index is 5.45. The highest BCUT2D eigenvalue weighted by Crippen LogP contribution is 2.30. The number of fused-ring (bicyclic) bond motifs is 1. The maximum absolute atomic E-state index is 5.45. The van der Waals surface area contributed by atoms with Crippen LogP contribution in [0, 0.1) is 0 Å². The third-order valence-corrected chi connectivity index (χ3v) is 4.82. The Morgan fingerprint density at radius 3 is 2.52 bits per heavy atom. The van der Waals surface area contributed by atoms with Crippen molar-refractivity contribution >= 4 is 45.4 Å². The first-order valence-corrected chi connectivity index (χ1v) is 9.40. The molecule has 3 aromatic rings. The highest BCUT2D eigenvalue weighted by Gasteiger charge is 2.19. The largest absolute Gasteiger partial charge is 0.378 e. The Bertz CT molecular complexity index is 935. The molecule has 8 heteroatoms. The van der Waals surface area contributed by atoms with Crippen LogP contribution in [0.1, 0.15) is 12.5 Å². The topological polar surface area (TPSA) is 75.5 Å². The van der Waals surface area contributed by atoms with Gasteiger partial charge in [0.1, 0.15) is 0 Å². The third kappa shape index (κ3) is 3.86. The lowest BCUT2D eigenvalue weighted by Gasteiger charge is -2.28. The van der Waals surface area contributed by atoms with Crippen molar-refractivity contribution in [3.05, 3.63) is 42.0 Å². The standard InChI is InChI=1S/C19H21N5O2S/c1-2-13-3-5-14(6-4-13)20-19(27)21-15-7-8-16(18-17(15)22-26-23-18)24-9-11-25-12-10-24/h3-8H,2,9-12H2,1H3,(H2,20,21,27). The van der Waals surface area contributed by atoms with Crippen LogP contribution in [0.2, 0.25) is 0 Å². The van der Waals surface area contributed by atoms with Crippen LogP contribution in [-0.2, 0) is 11.2 Å². The van der Waals surface area contributed by atoms with Crippen LogP contribution in [-0.4, -0.2) is 41.7 Å².